The minimum absolute atomic E-state index is 0. The van der Waals surface area contributed by atoms with Crippen molar-refractivity contribution in [2.75, 3.05) is 30.6 Å². The van der Waals surface area contributed by atoms with Crippen LogP contribution in [0.1, 0.15) is 135 Å². The van der Waals surface area contributed by atoms with Gasteiger partial charge in [-0.3, -0.25) is 7.05 Å². The topological polar surface area (TPSA) is 15.3 Å². The molecular weight excluding hydrogens is 1070 g/mol. The second-order valence-corrected chi connectivity index (χ2v) is 14.1. The predicted octanol–water partition coefficient (Wildman–Crippen LogP) is 15.0. The van der Waals surface area contributed by atoms with E-state index in [1.54, 1.807) is 6.92 Å². The van der Waals surface area contributed by atoms with Crippen molar-refractivity contribution in [2.45, 2.75) is 137 Å². The summed E-state index contributed by atoms with van der Waals surface area (Å²) in [4.78, 5) is 2.14. The van der Waals surface area contributed by atoms with Gasteiger partial charge in [-0.25, -0.2) is 0 Å². The Morgan fingerprint density at radius 3 is 1.00 bits per heavy atom. The SMILES string of the molecule is C.C1CCNCC1.CC.CC.CC.CC.CCC(I)I.CCCI.[CH2-]C.[CH2-]N1CCCCC1.[Y].[Y].[c-]1ccccc1.[c-]1ccccc1. The van der Waals surface area contributed by atoms with Gasteiger partial charge in [0.2, 0.25) is 0 Å². The van der Waals surface area contributed by atoms with Crippen LogP contribution in [-0.4, -0.2) is 37.4 Å². The Kier molecular flexibility index (Phi) is 147. The van der Waals surface area contributed by atoms with Crippen LogP contribution in [0.25, 0.3) is 0 Å². The fourth-order valence-corrected chi connectivity index (χ4v) is 2.45. The Balaban J connectivity index is -0.0000000412. The molecule has 47 heavy (non-hydrogen) atoms. The van der Waals surface area contributed by atoms with Crippen molar-refractivity contribution in [3.8, 4) is 0 Å². The summed E-state index contributed by atoms with van der Waals surface area (Å²) in [6.07, 6.45) is 10.9. The Hall–Kier alpha value is 2.76. The van der Waals surface area contributed by atoms with Crippen LogP contribution >= 0.6 is 67.8 Å². The van der Waals surface area contributed by atoms with E-state index in [9.17, 15) is 0 Å². The van der Waals surface area contributed by atoms with Gasteiger partial charge in [0, 0.05) is 65.4 Å². The fraction of sp³-hybridized carbons (Fsp3) is 0.650. The summed E-state index contributed by atoms with van der Waals surface area (Å²) in [5.41, 5.74) is 0. The molecule has 0 amide bonds. The first-order valence-electron chi connectivity index (χ1n) is 17.2. The molecule has 0 aromatic heterocycles. The fourth-order valence-electron chi connectivity index (χ4n) is 2.45. The van der Waals surface area contributed by atoms with E-state index in [0.717, 1.165) is 1.93 Å². The molecule has 2 saturated heterocycles. The zero-order valence-electron chi connectivity index (χ0n) is 32.2. The third kappa shape index (κ3) is 106. The number of nitrogens with one attached hydrogen (secondary N) is 1. The molecule has 0 atom stereocenters. The van der Waals surface area contributed by atoms with Crippen molar-refractivity contribution >= 4 is 67.8 Å². The van der Waals surface area contributed by atoms with E-state index in [4.69, 9.17) is 0 Å². The van der Waals surface area contributed by atoms with Crippen molar-refractivity contribution in [3.63, 3.8) is 0 Å². The minimum atomic E-state index is 0. The molecule has 2 fully saturated rings. The van der Waals surface area contributed by atoms with Crippen LogP contribution in [0.4, 0.5) is 0 Å². The maximum absolute atomic E-state index is 3.83. The first-order valence-corrected chi connectivity index (χ1v) is 21.2. The molecule has 1 N–H and O–H groups in total. The molecule has 2 aromatic rings. The monoisotopic (exact) mass is 1150 g/mol. The van der Waals surface area contributed by atoms with E-state index < -0.39 is 0 Å². The third-order valence-corrected chi connectivity index (χ3v) is 7.21. The van der Waals surface area contributed by atoms with Gasteiger partial charge in [0.05, 0.1) is 1.93 Å². The van der Waals surface area contributed by atoms with E-state index in [1.165, 1.54) is 82.0 Å². The minimum Gasteiger partial charge on any atom is -0.459 e. The normalized spacial score (nSPS) is 11.2. The number of hydrogen-bond acceptors (Lipinski definition) is 2. The van der Waals surface area contributed by atoms with E-state index in [-0.39, 0.29) is 72.8 Å². The number of piperidine rings is 2. The number of alkyl halides is 3. The zero-order valence-corrected chi connectivity index (χ0v) is 44.3. The Bertz CT molecular complexity index is 461. The number of benzene rings is 2. The van der Waals surface area contributed by atoms with Crippen LogP contribution in [-0.2, 0) is 65.4 Å². The van der Waals surface area contributed by atoms with Gasteiger partial charge in [-0.05, 0) is 69.1 Å². The van der Waals surface area contributed by atoms with Gasteiger partial charge in [0.25, 0.3) is 0 Å². The molecule has 2 radical (unpaired) electrons. The molecule has 2 aliphatic rings. The summed E-state index contributed by atoms with van der Waals surface area (Å²) in [7, 11) is 3.83. The molecule has 2 heterocycles. The Morgan fingerprint density at radius 1 is 0.638 bits per heavy atom. The van der Waals surface area contributed by atoms with Gasteiger partial charge < -0.3 is 17.1 Å². The zero-order chi connectivity index (χ0) is 35.5. The standard InChI is InChI=1S/C6H12N.2C6H5.C5H11N.C3H6I2.C3H7I.4C2H6.C2H5.CH4.2Y/c1-7-5-3-2-4-6-7;3*1-2-4-6-5-3-1;1-2-3(4)5;1-2-3-4;5*1-2;;;/h1-6H2;2*1-5H;6H,1-5H2;3H,2H2,1H3;2-3H2,1H3;4*1-2H3;1H2,2H3;1H4;;/q3*-1;;;;;;;;-1;;;. The summed E-state index contributed by atoms with van der Waals surface area (Å²) in [5, 5.41) is 3.28. The summed E-state index contributed by atoms with van der Waals surface area (Å²) in [5.74, 6) is 0. The second-order valence-electron chi connectivity index (χ2n) is 7.63. The Morgan fingerprint density at radius 2 is 0.915 bits per heavy atom. The van der Waals surface area contributed by atoms with Gasteiger partial charge >= 0.3 is 0 Å². The number of nitrogens with zero attached hydrogens (tertiary/aromatic N) is 1. The van der Waals surface area contributed by atoms with Crippen LogP contribution in [0, 0.1) is 26.1 Å². The van der Waals surface area contributed by atoms with Crippen molar-refractivity contribution in [1.29, 1.82) is 0 Å². The van der Waals surface area contributed by atoms with Crippen LogP contribution in [0.2, 0.25) is 0 Å². The average Bonchev–Trinajstić information content (AvgIpc) is 3.16. The van der Waals surface area contributed by atoms with Gasteiger partial charge in [0.1, 0.15) is 0 Å². The van der Waals surface area contributed by atoms with Crippen molar-refractivity contribution in [2.24, 2.45) is 0 Å². The summed E-state index contributed by atoms with van der Waals surface area (Å²) in [6, 6.07) is 25.0. The molecule has 2 aromatic carbocycles. The van der Waals surface area contributed by atoms with E-state index >= 15 is 0 Å². The van der Waals surface area contributed by atoms with E-state index in [1.807, 2.05) is 116 Å². The molecule has 4 rings (SSSR count). The van der Waals surface area contributed by atoms with E-state index in [2.05, 4.69) is 118 Å². The molecule has 0 bridgehead atoms. The largest absolute Gasteiger partial charge is 0.459 e. The quantitative estimate of drug-likeness (QED) is 0.183. The molecule has 0 unspecified atom stereocenters. The molecule has 0 spiro atoms. The molecule has 0 aliphatic carbocycles. The predicted molar refractivity (Wildman–Crippen MR) is 243 cm³/mol. The van der Waals surface area contributed by atoms with Crippen LogP contribution in [0.5, 0.6) is 0 Å². The summed E-state index contributed by atoms with van der Waals surface area (Å²) in [6.45, 7) is 30.3. The first-order chi connectivity index (χ1) is 21.6. The smallest absolute Gasteiger partial charge is 0.0624 e. The van der Waals surface area contributed by atoms with Crippen molar-refractivity contribution in [1.82, 2.24) is 10.2 Å². The summed E-state index contributed by atoms with van der Waals surface area (Å²) >= 11 is 7.14. The molecule has 7 heteroatoms. The van der Waals surface area contributed by atoms with Crippen molar-refractivity contribution in [3.05, 3.63) is 86.8 Å². The first kappa shape index (κ1) is 74.8. The molecule has 0 saturated carbocycles. The Labute approximate surface area is 392 Å². The average molecular weight is 1150 g/mol. The molecule has 280 valence electrons. The maximum Gasteiger partial charge on any atom is 0.0624 e. The van der Waals surface area contributed by atoms with Gasteiger partial charge in [0.15, 0.2) is 0 Å². The number of halogens is 3. The number of rotatable bonds is 2. The van der Waals surface area contributed by atoms with Crippen LogP contribution in [0.3, 0.4) is 0 Å². The van der Waals surface area contributed by atoms with Crippen LogP contribution < -0.4 is 5.32 Å². The van der Waals surface area contributed by atoms with Crippen LogP contribution in [0.15, 0.2) is 60.7 Å². The summed E-state index contributed by atoms with van der Waals surface area (Å²) < 4.78 is 2.11. The van der Waals surface area contributed by atoms with Gasteiger partial charge in [-0.1, -0.05) is 157 Å². The molecular formula is C40H79I3N2Y2-4. The second kappa shape index (κ2) is 92.1. The number of likely N-dealkylation sites (tertiary alicyclic amines) is 1. The van der Waals surface area contributed by atoms with Crippen molar-refractivity contribution < 1.29 is 65.4 Å². The molecule has 2 aliphatic heterocycles. The maximum atomic E-state index is 3.83. The molecule has 2 nitrogen and oxygen atoms in total. The number of hydrogen-bond donors (Lipinski definition) is 1. The van der Waals surface area contributed by atoms with Gasteiger partial charge in [-0.2, -0.15) is 79.7 Å². The van der Waals surface area contributed by atoms with E-state index in [0.29, 0.717) is 0 Å². The van der Waals surface area contributed by atoms with Gasteiger partial charge in [-0.15, -0.1) is 0 Å². The third-order valence-electron chi connectivity index (χ3n) is 4.37.